The molecule has 0 heterocycles. The number of hydrogen-bond acceptors (Lipinski definition) is 1. The Labute approximate surface area is 93.7 Å². The monoisotopic (exact) mass is 231 g/mol. The molecule has 1 aromatic carbocycles. The predicted molar refractivity (Wildman–Crippen MR) is 58.5 cm³/mol. The third kappa shape index (κ3) is 3.23. The minimum atomic E-state index is -2.97. The summed E-state index contributed by atoms with van der Waals surface area (Å²) >= 11 is 0. The molecule has 0 aromatic heterocycles. The Morgan fingerprint density at radius 2 is 1.81 bits per heavy atom. The van der Waals surface area contributed by atoms with Crippen LogP contribution < -0.4 is 5.32 Å². The lowest BCUT2D eigenvalue weighted by Gasteiger charge is -2.16. The highest BCUT2D eigenvalue weighted by atomic mass is 19.3. The van der Waals surface area contributed by atoms with Gasteiger partial charge in [0.15, 0.2) is 6.17 Å². The fourth-order valence-corrected chi connectivity index (χ4v) is 1.56. The number of rotatable bonds is 5. The Kier molecular flexibility index (Phi) is 4.80. The maximum atomic E-state index is 13.3. The summed E-state index contributed by atoms with van der Waals surface area (Å²) in [6.07, 6.45) is -4.62. The van der Waals surface area contributed by atoms with E-state index in [9.17, 15) is 13.2 Å². The van der Waals surface area contributed by atoms with Crippen molar-refractivity contribution in [2.45, 2.75) is 32.0 Å². The van der Waals surface area contributed by atoms with Crippen molar-refractivity contribution in [2.75, 3.05) is 7.05 Å². The van der Waals surface area contributed by atoms with Crippen molar-refractivity contribution in [1.29, 1.82) is 0 Å². The molecule has 0 spiro atoms. The summed E-state index contributed by atoms with van der Waals surface area (Å²) in [7, 11) is 1.79. The average Bonchev–Trinajstić information content (AvgIpc) is 2.28. The Morgan fingerprint density at radius 1 is 1.19 bits per heavy atom. The van der Waals surface area contributed by atoms with E-state index in [4.69, 9.17) is 0 Å². The van der Waals surface area contributed by atoms with E-state index in [2.05, 4.69) is 5.32 Å². The van der Waals surface area contributed by atoms with E-state index in [1.807, 2.05) is 6.92 Å². The lowest BCUT2D eigenvalue weighted by atomic mass is 9.98. The molecule has 1 rings (SSSR count). The third-order valence-corrected chi connectivity index (χ3v) is 2.59. The molecule has 1 aromatic rings. The Morgan fingerprint density at radius 3 is 2.38 bits per heavy atom. The maximum Gasteiger partial charge on any atom is 0.273 e. The minimum absolute atomic E-state index is 0.0969. The van der Waals surface area contributed by atoms with Crippen molar-refractivity contribution >= 4 is 0 Å². The summed E-state index contributed by atoms with van der Waals surface area (Å²) in [5.74, 6) is 0. The highest BCUT2D eigenvalue weighted by Gasteiger charge is 2.24. The molecule has 1 nitrogen and oxygen atoms in total. The van der Waals surface area contributed by atoms with E-state index >= 15 is 0 Å². The standard InChI is InChI=1S/C12H16F3N/c1-8(16-2)7-9-5-3-4-6-10(9)11(13)12(14)15/h3-6,8,11-12,16H,7H2,1-2H3. The predicted octanol–water partition coefficient (Wildman–Crippen LogP) is 3.11. The van der Waals surface area contributed by atoms with Crippen LogP contribution in [-0.4, -0.2) is 19.5 Å². The van der Waals surface area contributed by atoms with Crippen LogP contribution in [0.5, 0.6) is 0 Å². The summed E-state index contributed by atoms with van der Waals surface area (Å²) in [6.45, 7) is 1.92. The molecule has 16 heavy (non-hydrogen) atoms. The van der Waals surface area contributed by atoms with Crippen LogP contribution >= 0.6 is 0 Å². The second-order valence-electron chi connectivity index (χ2n) is 3.83. The molecule has 2 unspecified atom stereocenters. The highest BCUT2D eigenvalue weighted by Crippen LogP contribution is 2.28. The van der Waals surface area contributed by atoms with E-state index in [0.29, 0.717) is 12.0 Å². The van der Waals surface area contributed by atoms with E-state index in [1.54, 1.807) is 25.2 Å². The van der Waals surface area contributed by atoms with Crippen LogP contribution in [0.25, 0.3) is 0 Å². The second-order valence-corrected chi connectivity index (χ2v) is 3.83. The van der Waals surface area contributed by atoms with Gasteiger partial charge in [-0.05, 0) is 31.5 Å². The summed E-state index contributed by atoms with van der Waals surface area (Å²) in [6, 6.07) is 6.57. The van der Waals surface area contributed by atoms with Gasteiger partial charge in [-0.2, -0.15) is 0 Å². The van der Waals surface area contributed by atoms with Gasteiger partial charge in [0, 0.05) is 6.04 Å². The van der Waals surface area contributed by atoms with E-state index in [-0.39, 0.29) is 11.6 Å². The van der Waals surface area contributed by atoms with Gasteiger partial charge in [0.25, 0.3) is 6.43 Å². The number of hydrogen-bond donors (Lipinski definition) is 1. The van der Waals surface area contributed by atoms with Gasteiger partial charge in [0.1, 0.15) is 0 Å². The van der Waals surface area contributed by atoms with Gasteiger partial charge in [0.05, 0.1) is 0 Å². The zero-order chi connectivity index (χ0) is 12.1. The first-order valence-corrected chi connectivity index (χ1v) is 5.23. The molecule has 90 valence electrons. The van der Waals surface area contributed by atoms with Gasteiger partial charge in [-0.15, -0.1) is 0 Å². The van der Waals surface area contributed by atoms with Crippen LogP contribution in [0.1, 0.15) is 24.2 Å². The number of halogens is 3. The minimum Gasteiger partial charge on any atom is -0.317 e. The molecule has 0 aliphatic carbocycles. The summed E-state index contributed by atoms with van der Waals surface area (Å²) < 4.78 is 37.9. The van der Waals surface area contributed by atoms with Gasteiger partial charge in [0.2, 0.25) is 0 Å². The first-order valence-electron chi connectivity index (χ1n) is 5.23. The van der Waals surface area contributed by atoms with Crippen LogP contribution in [0.3, 0.4) is 0 Å². The lowest BCUT2D eigenvalue weighted by molar-refractivity contribution is 0.0490. The van der Waals surface area contributed by atoms with E-state index < -0.39 is 12.6 Å². The first-order chi connectivity index (χ1) is 7.56. The number of nitrogens with one attached hydrogen (secondary N) is 1. The molecule has 0 saturated carbocycles. The first kappa shape index (κ1) is 13.0. The van der Waals surface area contributed by atoms with Crippen LogP contribution in [0.15, 0.2) is 24.3 Å². The lowest BCUT2D eigenvalue weighted by Crippen LogP contribution is -2.24. The van der Waals surface area contributed by atoms with Crippen molar-refractivity contribution < 1.29 is 13.2 Å². The van der Waals surface area contributed by atoms with Gasteiger partial charge < -0.3 is 5.32 Å². The van der Waals surface area contributed by atoms with Crippen LogP contribution in [-0.2, 0) is 6.42 Å². The molecule has 0 bridgehead atoms. The molecule has 0 amide bonds. The van der Waals surface area contributed by atoms with Crippen molar-refractivity contribution in [3.8, 4) is 0 Å². The number of alkyl halides is 3. The fraction of sp³-hybridized carbons (Fsp3) is 0.500. The Bertz CT molecular complexity index is 328. The van der Waals surface area contributed by atoms with Crippen molar-refractivity contribution in [2.24, 2.45) is 0 Å². The Hall–Kier alpha value is -1.03. The molecule has 0 radical (unpaired) electrons. The zero-order valence-corrected chi connectivity index (χ0v) is 9.38. The molecule has 0 saturated heterocycles. The van der Waals surface area contributed by atoms with E-state index in [1.165, 1.54) is 6.07 Å². The Balaban J connectivity index is 2.91. The molecule has 1 N–H and O–H groups in total. The average molecular weight is 231 g/mol. The highest BCUT2D eigenvalue weighted by molar-refractivity contribution is 5.30. The van der Waals surface area contributed by atoms with Gasteiger partial charge >= 0.3 is 0 Å². The number of benzene rings is 1. The molecule has 2 atom stereocenters. The summed E-state index contributed by atoms with van der Waals surface area (Å²) in [5.41, 5.74) is 0.733. The summed E-state index contributed by atoms with van der Waals surface area (Å²) in [5, 5.41) is 3.00. The largest absolute Gasteiger partial charge is 0.317 e. The van der Waals surface area contributed by atoms with Crippen molar-refractivity contribution in [3.63, 3.8) is 0 Å². The molecule has 0 fully saturated rings. The topological polar surface area (TPSA) is 12.0 Å². The smallest absolute Gasteiger partial charge is 0.273 e. The quantitative estimate of drug-likeness (QED) is 0.821. The molecular formula is C12H16F3N. The molecule has 0 aliphatic heterocycles. The van der Waals surface area contributed by atoms with Crippen molar-refractivity contribution in [3.05, 3.63) is 35.4 Å². The van der Waals surface area contributed by atoms with Crippen LogP contribution in [0, 0.1) is 0 Å². The van der Waals surface area contributed by atoms with E-state index in [0.717, 1.165) is 0 Å². The van der Waals surface area contributed by atoms with Gasteiger partial charge in [-0.1, -0.05) is 24.3 Å². The molecule has 4 heteroatoms. The zero-order valence-electron chi connectivity index (χ0n) is 9.38. The summed E-state index contributed by atoms with van der Waals surface area (Å²) in [4.78, 5) is 0. The van der Waals surface area contributed by atoms with Crippen LogP contribution in [0.2, 0.25) is 0 Å². The third-order valence-electron chi connectivity index (χ3n) is 2.59. The maximum absolute atomic E-state index is 13.3. The molecular weight excluding hydrogens is 215 g/mol. The molecule has 0 aliphatic rings. The normalized spacial score (nSPS) is 15.1. The van der Waals surface area contributed by atoms with Crippen LogP contribution in [0.4, 0.5) is 13.2 Å². The van der Waals surface area contributed by atoms with Gasteiger partial charge in [-0.3, -0.25) is 0 Å². The fourth-order valence-electron chi connectivity index (χ4n) is 1.56. The SMILES string of the molecule is CNC(C)Cc1ccccc1C(F)C(F)F. The second kappa shape index (κ2) is 5.89. The number of likely N-dealkylation sites (N-methyl/N-ethyl adjacent to an activating group) is 1. The van der Waals surface area contributed by atoms with Gasteiger partial charge in [-0.25, -0.2) is 13.2 Å². The van der Waals surface area contributed by atoms with Crippen molar-refractivity contribution in [1.82, 2.24) is 5.32 Å².